The number of nitrogens with one attached hydrogen (secondary N) is 1. The fourth-order valence-electron chi connectivity index (χ4n) is 3.00. The molecular formula is C23H18Br2Cl2N2O3. The Morgan fingerprint density at radius 1 is 1.06 bits per heavy atom. The van der Waals surface area contributed by atoms with Gasteiger partial charge in [-0.25, -0.2) is 5.43 Å². The molecule has 0 aliphatic heterocycles. The quantitative estimate of drug-likeness (QED) is 0.232. The van der Waals surface area contributed by atoms with Gasteiger partial charge in [0.1, 0.15) is 18.1 Å². The van der Waals surface area contributed by atoms with Gasteiger partial charge in [-0.05, 0) is 104 Å². The van der Waals surface area contributed by atoms with Gasteiger partial charge in [0.25, 0.3) is 5.91 Å². The zero-order valence-electron chi connectivity index (χ0n) is 17.0. The van der Waals surface area contributed by atoms with E-state index in [-0.39, 0.29) is 5.75 Å². The molecule has 3 aromatic rings. The fraction of sp³-hybridized carbons (Fsp3) is 0.130. The summed E-state index contributed by atoms with van der Waals surface area (Å²) in [6.45, 7) is 4.25. The number of amides is 1. The molecule has 0 aliphatic carbocycles. The summed E-state index contributed by atoms with van der Waals surface area (Å²) in [6, 6.07) is 12.3. The first kappa shape index (κ1) is 24.6. The second kappa shape index (κ2) is 10.7. The van der Waals surface area contributed by atoms with Crippen molar-refractivity contribution in [2.24, 2.45) is 5.10 Å². The largest absolute Gasteiger partial charge is 0.506 e. The SMILES string of the molecule is Cc1cc(/C=N\NC(=O)c2cc(Br)c(O)c(Br)c2)cc(C)c1OCc1ccc(Cl)c(Cl)c1. The Hall–Kier alpha value is -2.06. The lowest BCUT2D eigenvalue weighted by molar-refractivity contribution is 0.0955. The molecule has 0 bridgehead atoms. The van der Waals surface area contributed by atoms with Crippen LogP contribution in [0, 0.1) is 13.8 Å². The number of rotatable bonds is 6. The van der Waals surface area contributed by atoms with Crippen molar-refractivity contribution < 1.29 is 14.6 Å². The summed E-state index contributed by atoms with van der Waals surface area (Å²) in [6.07, 6.45) is 1.56. The van der Waals surface area contributed by atoms with Crippen molar-refractivity contribution in [1.29, 1.82) is 0 Å². The zero-order valence-corrected chi connectivity index (χ0v) is 21.7. The van der Waals surface area contributed by atoms with E-state index in [1.165, 1.54) is 12.1 Å². The molecule has 0 unspecified atom stereocenters. The summed E-state index contributed by atoms with van der Waals surface area (Å²) in [7, 11) is 0. The number of hydrogen-bond donors (Lipinski definition) is 2. The van der Waals surface area contributed by atoms with Crippen molar-refractivity contribution in [3.63, 3.8) is 0 Å². The third kappa shape index (κ3) is 6.04. The fourth-order valence-corrected chi connectivity index (χ4v) is 4.50. The first-order chi connectivity index (χ1) is 15.2. The topological polar surface area (TPSA) is 70.9 Å². The molecule has 5 nitrogen and oxygen atoms in total. The van der Waals surface area contributed by atoms with Gasteiger partial charge in [0, 0.05) is 5.56 Å². The lowest BCUT2D eigenvalue weighted by Gasteiger charge is -2.13. The van der Waals surface area contributed by atoms with E-state index >= 15 is 0 Å². The van der Waals surface area contributed by atoms with E-state index in [1.807, 2.05) is 32.0 Å². The van der Waals surface area contributed by atoms with E-state index in [2.05, 4.69) is 42.4 Å². The number of carbonyl (C=O) groups excluding carboxylic acids is 1. The number of aromatic hydroxyl groups is 1. The van der Waals surface area contributed by atoms with Crippen molar-refractivity contribution >= 4 is 67.2 Å². The highest BCUT2D eigenvalue weighted by Crippen LogP contribution is 2.33. The van der Waals surface area contributed by atoms with E-state index in [4.69, 9.17) is 27.9 Å². The summed E-state index contributed by atoms with van der Waals surface area (Å²) in [5.74, 6) is 0.395. The highest BCUT2D eigenvalue weighted by atomic mass is 79.9. The molecule has 0 atom stereocenters. The van der Waals surface area contributed by atoms with Gasteiger partial charge >= 0.3 is 0 Å². The van der Waals surface area contributed by atoms with E-state index in [9.17, 15) is 9.90 Å². The lowest BCUT2D eigenvalue weighted by atomic mass is 10.1. The van der Waals surface area contributed by atoms with Crippen LogP contribution in [0.1, 0.15) is 32.6 Å². The predicted octanol–water partition coefficient (Wildman–Crippen LogP) is 7.18. The summed E-state index contributed by atoms with van der Waals surface area (Å²) in [5, 5.41) is 14.8. The number of benzene rings is 3. The normalized spacial score (nSPS) is 11.1. The van der Waals surface area contributed by atoms with Crippen LogP contribution in [0.25, 0.3) is 0 Å². The highest BCUT2D eigenvalue weighted by Gasteiger charge is 2.12. The third-order valence-electron chi connectivity index (χ3n) is 4.51. The Morgan fingerprint density at radius 3 is 2.28 bits per heavy atom. The van der Waals surface area contributed by atoms with Crippen molar-refractivity contribution in [2.75, 3.05) is 0 Å². The van der Waals surface area contributed by atoms with Crippen LogP contribution in [0.5, 0.6) is 11.5 Å². The van der Waals surface area contributed by atoms with Crippen molar-refractivity contribution in [3.8, 4) is 11.5 Å². The molecule has 0 heterocycles. The van der Waals surface area contributed by atoms with Crippen LogP contribution < -0.4 is 10.2 Å². The van der Waals surface area contributed by atoms with Gasteiger partial charge in [-0.1, -0.05) is 29.3 Å². The number of nitrogens with zero attached hydrogens (tertiary/aromatic N) is 1. The maximum Gasteiger partial charge on any atom is 0.271 e. The van der Waals surface area contributed by atoms with Gasteiger partial charge in [-0.2, -0.15) is 5.10 Å². The summed E-state index contributed by atoms with van der Waals surface area (Å²) in [5.41, 5.74) is 6.43. The Kier molecular flexibility index (Phi) is 8.22. The van der Waals surface area contributed by atoms with Gasteiger partial charge in [0.15, 0.2) is 0 Å². The smallest absolute Gasteiger partial charge is 0.271 e. The monoisotopic (exact) mass is 598 g/mol. The molecule has 32 heavy (non-hydrogen) atoms. The number of aryl methyl sites for hydroxylation is 2. The Balaban J connectivity index is 1.67. The molecule has 0 radical (unpaired) electrons. The molecule has 3 rings (SSSR count). The molecule has 0 aliphatic rings. The van der Waals surface area contributed by atoms with E-state index in [0.29, 0.717) is 31.2 Å². The second-order valence-electron chi connectivity index (χ2n) is 7.01. The standard InChI is InChI=1S/C23H18Br2Cl2N2O3/c1-12-5-15(10-28-29-23(31)16-8-17(24)21(30)18(25)9-16)6-13(2)22(12)32-11-14-3-4-19(26)20(27)7-14/h3-10,30H,11H2,1-2H3,(H,29,31)/b28-10-. The van der Waals surface area contributed by atoms with Crippen LogP contribution >= 0.6 is 55.1 Å². The van der Waals surface area contributed by atoms with E-state index < -0.39 is 5.91 Å². The third-order valence-corrected chi connectivity index (χ3v) is 6.46. The molecule has 0 aromatic heterocycles. The number of ether oxygens (including phenoxy) is 1. The van der Waals surface area contributed by atoms with Crippen molar-refractivity contribution in [2.45, 2.75) is 20.5 Å². The molecule has 1 amide bonds. The van der Waals surface area contributed by atoms with Gasteiger partial charge in [-0.15, -0.1) is 0 Å². The Bertz CT molecular complexity index is 1170. The number of hydrogen-bond acceptors (Lipinski definition) is 4. The summed E-state index contributed by atoms with van der Waals surface area (Å²) >= 11 is 18.4. The molecule has 2 N–H and O–H groups in total. The van der Waals surface area contributed by atoms with Gasteiger partial charge in [0.05, 0.1) is 25.2 Å². The minimum Gasteiger partial charge on any atom is -0.506 e. The molecular weight excluding hydrogens is 583 g/mol. The van der Waals surface area contributed by atoms with Gasteiger partial charge in [0.2, 0.25) is 0 Å². The Labute approximate surface area is 212 Å². The van der Waals surface area contributed by atoms with Crippen LogP contribution in [0.3, 0.4) is 0 Å². The molecule has 3 aromatic carbocycles. The van der Waals surface area contributed by atoms with Crippen LogP contribution in [0.2, 0.25) is 10.0 Å². The summed E-state index contributed by atoms with van der Waals surface area (Å²) < 4.78 is 6.80. The lowest BCUT2D eigenvalue weighted by Crippen LogP contribution is -2.17. The number of carbonyl (C=O) groups is 1. The molecule has 0 fully saturated rings. The summed E-state index contributed by atoms with van der Waals surface area (Å²) in [4.78, 5) is 12.3. The van der Waals surface area contributed by atoms with Crippen LogP contribution in [-0.4, -0.2) is 17.2 Å². The predicted molar refractivity (Wildman–Crippen MR) is 135 cm³/mol. The molecule has 0 saturated carbocycles. The molecule has 0 saturated heterocycles. The number of phenols is 1. The first-order valence-electron chi connectivity index (χ1n) is 9.35. The zero-order chi connectivity index (χ0) is 23.4. The highest BCUT2D eigenvalue weighted by molar-refractivity contribution is 9.11. The van der Waals surface area contributed by atoms with Gasteiger partial charge < -0.3 is 9.84 Å². The number of halogens is 4. The van der Waals surface area contributed by atoms with Crippen molar-refractivity contribution in [3.05, 3.63) is 89.3 Å². The molecule has 9 heteroatoms. The minimum absolute atomic E-state index is 0.0254. The maximum atomic E-state index is 12.3. The average Bonchev–Trinajstić information content (AvgIpc) is 2.73. The average molecular weight is 601 g/mol. The van der Waals surface area contributed by atoms with E-state index in [0.717, 1.165) is 28.0 Å². The maximum absolute atomic E-state index is 12.3. The number of hydrazone groups is 1. The Morgan fingerprint density at radius 2 is 1.69 bits per heavy atom. The first-order valence-corrected chi connectivity index (χ1v) is 11.7. The van der Waals surface area contributed by atoms with Gasteiger partial charge in [-0.3, -0.25) is 4.79 Å². The van der Waals surface area contributed by atoms with Crippen LogP contribution in [-0.2, 0) is 6.61 Å². The number of phenolic OH excluding ortho intramolecular Hbond substituents is 1. The molecule has 0 spiro atoms. The van der Waals surface area contributed by atoms with Crippen LogP contribution in [0.4, 0.5) is 0 Å². The van der Waals surface area contributed by atoms with E-state index in [1.54, 1.807) is 18.3 Å². The minimum atomic E-state index is -0.405. The van der Waals surface area contributed by atoms with Crippen LogP contribution in [0.15, 0.2) is 56.5 Å². The molecule has 166 valence electrons. The second-order valence-corrected chi connectivity index (χ2v) is 9.53. The van der Waals surface area contributed by atoms with Crippen molar-refractivity contribution in [1.82, 2.24) is 5.43 Å².